The highest BCUT2D eigenvalue weighted by Gasteiger charge is 2.18. The van der Waals surface area contributed by atoms with Crippen molar-refractivity contribution in [3.8, 4) is 28.3 Å². The highest BCUT2D eigenvalue weighted by atomic mass is 35.5. The molecule has 0 aliphatic carbocycles. The Balaban J connectivity index is 2.01. The minimum absolute atomic E-state index is 0.402. The maximum absolute atomic E-state index is 11.7. The predicted molar refractivity (Wildman–Crippen MR) is 108 cm³/mol. The Hall–Kier alpha value is -1.92. The number of rotatable bonds is 5. The number of carbonyl (C=O) groups is 1. The standard InChI is InChI=1S/C18H12Cl4N2O3/c1-26-14-6-5-9(23-18(25)17(21)22)7-10(14)13-8-15(27-24-13)16-11(19)3-2-4-12(16)20/h2-8,17H,1H3,(H,23,25). The number of hydrogen-bond donors (Lipinski definition) is 1. The number of anilines is 1. The smallest absolute Gasteiger partial charge is 0.257 e. The number of amides is 1. The number of methoxy groups -OCH3 is 1. The summed E-state index contributed by atoms with van der Waals surface area (Å²) in [6, 6.07) is 11.8. The number of ether oxygens (including phenoxy) is 1. The quantitative estimate of drug-likeness (QED) is 0.484. The molecule has 0 fully saturated rings. The molecule has 0 radical (unpaired) electrons. The molecule has 0 saturated carbocycles. The van der Waals surface area contributed by atoms with Crippen molar-refractivity contribution in [1.29, 1.82) is 0 Å². The third-order valence-corrected chi connectivity index (χ3v) is 4.69. The molecule has 0 atom stereocenters. The van der Waals surface area contributed by atoms with Gasteiger partial charge in [0.05, 0.1) is 22.7 Å². The van der Waals surface area contributed by atoms with E-state index in [1.165, 1.54) is 7.11 Å². The summed E-state index contributed by atoms with van der Waals surface area (Å²) in [5.74, 6) is 0.392. The summed E-state index contributed by atoms with van der Waals surface area (Å²) in [5.41, 5.74) is 2.08. The Labute approximate surface area is 175 Å². The van der Waals surface area contributed by atoms with E-state index < -0.39 is 10.7 Å². The molecule has 9 heteroatoms. The van der Waals surface area contributed by atoms with Crippen LogP contribution in [0, 0.1) is 0 Å². The Morgan fingerprint density at radius 2 is 1.85 bits per heavy atom. The number of aromatic nitrogens is 1. The second-order valence-electron chi connectivity index (χ2n) is 5.38. The molecule has 5 nitrogen and oxygen atoms in total. The number of alkyl halides is 2. The van der Waals surface area contributed by atoms with Gasteiger partial charge in [-0.15, -0.1) is 0 Å². The maximum atomic E-state index is 11.7. The van der Waals surface area contributed by atoms with Crippen molar-refractivity contribution in [1.82, 2.24) is 5.16 Å². The molecular weight excluding hydrogens is 434 g/mol. The van der Waals surface area contributed by atoms with Gasteiger partial charge < -0.3 is 14.6 Å². The molecule has 1 amide bonds. The molecule has 3 rings (SSSR count). The number of benzene rings is 2. The zero-order valence-corrected chi connectivity index (χ0v) is 16.8. The van der Waals surface area contributed by atoms with Gasteiger partial charge in [0.25, 0.3) is 5.91 Å². The molecule has 2 aromatic carbocycles. The Morgan fingerprint density at radius 3 is 2.48 bits per heavy atom. The highest BCUT2D eigenvalue weighted by molar-refractivity contribution is 6.54. The molecule has 0 saturated heterocycles. The average molecular weight is 446 g/mol. The summed E-state index contributed by atoms with van der Waals surface area (Å²) < 4.78 is 10.8. The van der Waals surface area contributed by atoms with Crippen molar-refractivity contribution < 1.29 is 14.1 Å². The lowest BCUT2D eigenvalue weighted by Crippen LogP contribution is -2.18. The summed E-state index contributed by atoms with van der Waals surface area (Å²) >= 11 is 23.6. The number of halogens is 4. The second kappa shape index (κ2) is 8.40. The molecule has 0 bridgehead atoms. The average Bonchev–Trinajstić information content (AvgIpc) is 3.11. The van der Waals surface area contributed by atoms with Gasteiger partial charge in [0.2, 0.25) is 0 Å². The number of hydrogen-bond acceptors (Lipinski definition) is 4. The summed E-state index contributed by atoms with van der Waals surface area (Å²) in [7, 11) is 1.52. The van der Waals surface area contributed by atoms with Crippen LogP contribution in [0.3, 0.4) is 0 Å². The molecular formula is C18H12Cl4N2O3. The van der Waals surface area contributed by atoms with E-state index >= 15 is 0 Å². The molecule has 0 aliphatic heterocycles. The van der Waals surface area contributed by atoms with Gasteiger partial charge in [-0.1, -0.05) is 57.6 Å². The molecule has 1 heterocycles. The SMILES string of the molecule is COc1ccc(NC(=O)C(Cl)Cl)cc1-c1cc(-c2c(Cl)cccc2Cl)on1. The van der Waals surface area contributed by atoms with E-state index in [0.29, 0.717) is 44.1 Å². The monoisotopic (exact) mass is 444 g/mol. The van der Waals surface area contributed by atoms with E-state index in [1.807, 2.05) is 0 Å². The highest BCUT2D eigenvalue weighted by Crippen LogP contribution is 2.38. The minimum Gasteiger partial charge on any atom is -0.496 e. The third kappa shape index (κ3) is 4.33. The van der Waals surface area contributed by atoms with Gasteiger partial charge in [0, 0.05) is 17.3 Å². The van der Waals surface area contributed by atoms with Crippen LogP contribution in [0.2, 0.25) is 10.0 Å². The maximum Gasteiger partial charge on any atom is 0.257 e. The Kier molecular flexibility index (Phi) is 6.17. The first-order chi connectivity index (χ1) is 12.9. The van der Waals surface area contributed by atoms with Crippen LogP contribution in [0.15, 0.2) is 47.0 Å². The molecule has 140 valence electrons. The normalized spacial score (nSPS) is 10.9. The third-order valence-electron chi connectivity index (χ3n) is 3.66. The number of carbonyl (C=O) groups excluding carboxylic acids is 1. The fourth-order valence-electron chi connectivity index (χ4n) is 2.44. The second-order valence-corrected chi connectivity index (χ2v) is 7.29. The van der Waals surface area contributed by atoms with Crippen LogP contribution in [-0.4, -0.2) is 23.0 Å². The van der Waals surface area contributed by atoms with Gasteiger partial charge in [-0.3, -0.25) is 4.79 Å². The number of nitrogens with one attached hydrogen (secondary N) is 1. The first kappa shape index (κ1) is 19.8. The van der Waals surface area contributed by atoms with E-state index in [1.54, 1.807) is 42.5 Å². The zero-order chi connectivity index (χ0) is 19.6. The van der Waals surface area contributed by atoms with Crippen molar-refractivity contribution >= 4 is 58.0 Å². The lowest BCUT2D eigenvalue weighted by atomic mass is 10.1. The van der Waals surface area contributed by atoms with Crippen LogP contribution in [-0.2, 0) is 4.79 Å². The molecule has 3 aromatic rings. The lowest BCUT2D eigenvalue weighted by Gasteiger charge is -2.10. The summed E-state index contributed by atoms with van der Waals surface area (Å²) in [6.45, 7) is 0. The van der Waals surface area contributed by atoms with E-state index in [2.05, 4.69) is 10.5 Å². The number of nitrogens with zero attached hydrogens (tertiary/aromatic N) is 1. The van der Waals surface area contributed by atoms with E-state index in [4.69, 9.17) is 55.7 Å². The molecule has 1 N–H and O–H groups in total. The summed E-state index contributed by atoms with van der Waals surface area (Å²) in [4.78, 5) is 10.5. The van der Waals surface area contributed by atoms with Crippen LogP contribution in [0.4, 0.5) is 5.69 Å². The van der Waals surface area contributed by atoms with Crippen molar-refractivity contribution in [3.63, 3.8) is 0 Å². The lowest BCUT2D eigenvalue weighted by molar-refractivity contribution is -0.114. The van der Waals surface area contributed by atoms with E-state index in [9.17, 15) is 4.79 Å². The van der Waals surface area contributed by atoms with Gasteiger partial charge >= 0.3 is 0 Å². The van der Waals surface area contributed by atoms with Crippen molar-refractivity contribution in [2.75, 3.05) is 12.4 Å². The van der Waals surface area contributed by atoms with E-state index in [-0.39, 0.29) is 0 Å². The van der Waals surface area contributed by atoms with Crippen LogP contribution < -0.4 is 10.1 Å². The summed E-state index contributed by atoms with van der Waals surface area (Å²) in [5, 5.41) is 7.55. The van der Waals surface area contributed by atoms with Crippen LogP contribution >= 0.6 is 46.4 Å². The minimum atomic E-state index is -1.18. The Bertz CT molecular complexity index is 968. The molecule has 27 heavy (non-hydrogen) atoms. The largest absolute Gasteiger partial charge is 0.496 e. The van der Waals surface area contributed by atoms with Crippen LogP contribution in [0.25, 0.3) is 22.6 Å². The van der Waals surface area contributed by atoms with E-state index in [0.717, 1.165) is 0 Å². The first-order valence-corrected chi connectivity index (χ1v) is 9.22. The fraction of sp³-hybridized carbons (Fsp3) is 0.111. The fourth-order valence-corrected chi connectivity index (χ4v) is 3.13. The Morgan fingerprint density at radius 1 is 1.15 bits per heavy atom. The van der Waals surface area contributed by atoms with Gasteiger partial charge in [0.15, 0.2) is 10.6 Å². The van der Waals surface area contributed by atoms with Gasteiger partial charge in [-0.05, 0) is 30.3 Å². The molecule has 0 unspecified atom stereocenters. The first-order valence-electron chi connectivity index (χ1n) is 7.59. The van der Waals surface area contributed by atoms with Crippen molar-refractivity contribution in [2.24, 2.45) is 0 Å². The van der Waals surface area contributed by atoms with Gasteiger partial charge in [-0.2, -0.15) is 0 Å². The van der Waals surface area contributed by atoms with Crippen molar-refractivity contribution in [3.05, 3.63) is 52.5 Å². The molecule has 1 aromatic heterocycles. The summed E-state index contributed by atoms with van der Waals surface area (Å²) in [6.07, 6.45) is 0. The zero-order valence-electron chi connectivity index (χ0n) is 13.8. The topological polar surface area (TPSA) is 64.4 Å². The molecule has 0 aliphatic rings. The van der Waals surface area contributed by atoms with Crippen LogP contribution in [0.1, 0.15) is 0 Å². The van der Waals surface area contributed by atoms with Crippen molar-refractivity contribution in [2.45, 2.75) is 4.84 Å². The van der Waals surface area contributed by atoms with Gasteiger partial charge in [0.1, 0.15) is 11.4 Å². The molecule has 0 spiro atoms. The van der Waals surface area contributed by atoms with Crippen LogP contribution in [0.5, 0.6) is 5.75 Å². The predicted octanol–water partition coefficient (Wildman–Crippen LogP) is 6.07. The van der Waals surface area contributed by atoms with Gasteiger partial charge in [-0.25, -0.2) is 0 Å².